The van der Waals surface area contributed by atoms with Crippen LogP contribution in [-0.2, 0) is 20.9 Å². The van der Waals surface area contributed by atoms with Crippen molar-refractivity contribution in [1.82, 2.24) is 19.8 Å². The van der Waals surface area contributed by atoms with Gasteiger partial charge in [-0.3, -0.25) is 19.0 Å². The first kappa shape index (κ1) is 26.2. The predicted molar refractivity (Wildman–Crippen MR) is 149 cm³/mol. The summed E-state index contributed by atoms with van der Waals surface area (Å²) in [6.45, 7) is 4.28. The lowest BCUT2D eigenvalue weighted by Crippen LogP contribution is -2.49. The van der Waals surface area contributed by atoms with Crippen LogP contribution in [0, 0.1) is 0 Å². The molecule has 9 nitrogen and oxygen atoms in total. The first-order valence-electron chi connectivity index (χ1n) is 13.2. The average molecular weight is 536 g/mol. The smallest absolute Gasteiger partial charge is 0.262 e. The second-order valence-electron chi connectivity index (χ2n) is 9.55. The summed E-state index contributed by atoms with van der Waals surface area (Å²) in [5.41, 5.74) is 1.55. The number of hydrogen-bond acceptors (Lipinski definition) is 7. The Morgan fingerprint density at radius 3 is 2.55 bits per heavy atom. The maximum Gasteiger partial charge on any atom is 0.262 e. The number of rotatable bonds is 9. The monoisotopic (exact) mass is 535 g/mol. The zero-order chi connectivity index (χ0) is 26.3. The van der Waals surface area contributed by atoms with Gasteiger partial charge in [-0.15, -0.1) is 0 Å². The van der Waals surface area contributed by atoms with E-state index in [-0.39, 0.29) is 42.2 Å². The van der Waals surface area contributed by atoms with Gasteiger partial charge >= 0.3 is 0 Å². The molecule has 0 unspecified atom stereocenters. The first-order valence-corrected chi connectivity index (χ1v) is 14.2. The Labute approximate surface area is 226 Å². The molecule has 3 aromatic rings. The molecule has 2 aromatic carbocycles. The minimum atomic E-state index is -0.195. The Morgan fingerprint density at radius 2 is 1.79 bits per heavy atom. The van der Waals surface area contributed by atoms with Crippen molar-refractivity contribution in [1.29, 1.82) is 0 Å². The number of amides is 2. The second-order valence-corrected chi connectivity index (χ2v) is 10.5. The van der Waals surface area contributed by atoms with Crippen molar-refractivity contribution < 1.29 is 14.3 Å². The third-order valence-electron chi connectivity index (χ3n) is 7.01. The average Bonchev–Trinajstić information content (AvgIpc) is 3.49. The van der Waals surface area contributed by atoms with Crippen LogP contribution in [0.15, 0.2) is 64.5 Å². The molecule has 0 spiro atoms. The van der Waals surface area contributed by atoms with Crippen molar-refractivity contribution in [3.05, 3.63) is 65.0 Å². The Morgan fingerprint density at radius 1 is 1.03 bits per heavy atom. The standard InChI is InChI=1S/C28H33N5O4S/c34-25(29-19-22-9-6-18-37-22)20-38-28-30-24-11-5-4-10-23(24)27(36)33(28)13-12-26(35)32-16-14-31(15-17-32)21-7-2-1-3-8-21/h1-5,7-8,10-11,22H,6,9,12-20H2,(H,29,34)/t22-/m1/s1. The van der Waals surface area contributed by atoms with E-state index in [0.29, 0.717) is 35.7 Å². The third-order valence-corrected chi connectivity index (χ3v) is 7.99. The van der Waals surface area contributed by atoms with Gasteiger partial charge in [-0.2, -0.15) is 0 Å². The van der Waals surface area contributed by atoms with Crippen molar-refractivity contribution in [2.45, 2.75) is 37.1 Å². The molecule has 2 saturated heterocycles. The number of para-hydroxylation sites is 2. The lowest BCUT2D eigenvalue weighted by Gasteiger charge is -2.36. The molecule has 0 saturated carbocycles. The minimum absolute atomic E-state index is 0.0167. The van der Waals surface area contributed by atoms with E-state index in [1.165, 1.54) is 11.8 Å². The maximum absolute atomic E-state index is 13.3. The van der Waals surface area contributed by atoms with Gasteiger partial charge in [0.25, 0.3) is 5.56 Å². The molecular weight excluding hydrogens is 502 g/mol. The number of carbonyl (C=O) groups is 2. The molecule has 2 aliphatic rings. The highest BCUT2D eigenvalue weighted by atomic mass is 32.2. The molecule has 0 radical (unpaired) electrons. The van der Waals surface area contributed by atoms with Gasteiger partial charge in [0.05, 0.1) is 22.8 Å². The van der Waals surface area contributed by atoms with Gasteiger partial charge in [0.2, 0.25) is 11.8 Å². The maximum atomic E-state index is 13.3. The second kappa shape index (κ2) is 12.4. The fourth-order valence-corrected chi connectivity index (χ4v) is 5.74. The number of carbonyl (C=O) groups excluding carboxylic acids is 2. The summed E-state index contributed by atoms with van der Waals surface area (Å²) in [6, 6.07) is 17.4. The van der Waals surface area contributed by atoms with E-state index >= 15 is 0 Å². The molecule has 3 heterocycles. The molecule has 10 heteroatoms. The highest BCUT2D eigenvalue weighted by Crippen LogP contribution is 2.20. The topological polar surface area (TPSA) is 96.8 Å². The van der Waals surface area contributed by atoms with Crippen LogP contribution in [0.25, 0.3) is 10.9 Å². The summed E-state index contributed by atoms with van der Waals surface area (Å²) < 4.78 is 7.10. The van der Waals surface area contributed by atoms with E-state index < -0.39 is 0 Å². The molecule has 0 bridgehead atoms. The van der Waals surface area contributed by atoms with Crippen molar-refractivity contribution in [2.24, 2.45) is 0 Å². The van der Waals surface area contributed by atoms with E-state index in [1.807, 2.05) is 29.2 Å². The normalized spacial score (nSPS) is 17.6. The quantitative estimate of drug-likeness (QED) is 0.332. The number of hydrogen-bond donors (Lipinski definition) is 1. The summed E-state index contributed by atoms with van der Waals surface area (Å²) in [5.74, 6) is 0.0160. The van der Waals surface area contributed by atoms with Crippen LogP contribution in [0.1, 0.15) is 19.3 Å². The van der Waals surface area contributed by atoms with Crippen molar-refractivity contribution in [3.8, 4) is 0 Å². The SMILES string of the molecule is O=C(CSc1nc2ccccc2c(=O)n1CCC(=O)N1CCN(c2ccccc2)CC1)NC[C@H]1CCCO1. The van der Waals surface area contributed by atoms with Gasteiger partial charge in [-0.25, -0.2) is 4.98 Å². The highest BCUT2D eigenvalue weighted by molar-refractivity contribution is 7.99. The molecule has 0 aliphatic carbocycles. The molecule has 2 fully saturated rings. The fourth-order valence-electron chi connectivity index (χ4n) is 4.89. The van der Waals surface area contributed by atoms with E-state index in [0.717, 1.165) is 38.2 Å². The number of ether oxygens (including phenoxy) is 1. The van der Waals surface area contributed by atoms with Gasteiger partial charge in [0.15, 0.2) is 5.16 Å². The number of thioether (sulfide) groups is 1. The summed E-state index contributed by atoms with van der Waals surface area (Å²) in [5, 5.41) is 3.86. The van der Waals surface area contributed by atoms with E-state index in [2.05, 4.69) is 27.3 Å². The molecular formula is C28H33N5O4S. The third kappa shape index (κ3) is 6.36. The van der Waals surface area contributed by atoms with Crippen LogP contribution in [-0.4, -0.2) is 77.5 Å². The summed E-state index contributed by atoms with van der Waals surface area (Å²) in [7, 11) is 0. The van der Waals surface area contributed by atoms with Gasteiger partial charge in [-0.1, -0.05) is 42.1 Å². The minimum Gasteiger partial charge on any atom is -0.376 e. The van der Waals surface area contributed by atoms with E-state index in [4.69, 9.17) is 4.74 Å². The largest absolute Gasteiger partial charge is 0.376 e. The van der Waals surface area contributed by atoms with E-state index in [9.17, 15) is 14.4 Å². The van der Waals surface area contributed by atoms with Crippen LogP contribution in [0.2, 0.25) is 0 Å². The Hall–Kier alpha value is -3.37. The lowest BCUT2D eigenvalue weighted by molar-refractivity contribution is -0.131. The zero-order valence-electron chi connectivity index (χ0n) is 21.4. The van der Waals surface area contributed by atoms with E-state index in [1.54, 1.807) is 22.8 Å². The predicted octanol–water partition coefficient (Wildman–Crippen LogP) is 2.52. The van der Waals surface area contributed by atoms with Gasteiger partial charge in [0.1, 0.15) is 0 Å². The van der Waals surface area contributed by atoms with Crippen LogP contribution < -0.4 is 15.8 Å². The number of benzene rings is 2. The van der Waals surface area contributed by atoms with Gasteiger partial charge in [-0.05, 0) is 37.1 Å². The Bertz CT molecular complexity index is 1320. The lowest BCUT2D eigenvalue weighted by atomic mass is 10.2. The van der Waals surface area contributed by atoms with Crippen molar-refractivity contribution >= 4 is 40.2 Å². The summed E-state index contributed by atoms with van der Waals surface area (Å²) >= 11 is 1.22. The molecule has 1 N–H and O–H groups in total. The van der Waals surface area contributed by atoms with Crippen molar-refractivity contribution in [2.75, 3.05) is 50.0 Å². The summed E-state index contributed by atoms with van der Waals surface area (Å²) in [4.78, 5) is 47.7. The summed E-state index contributed by atoms with van der Waals surface area (Å²) in [6.07, 6.45) is 2.24. The fraction of sp³-hybridized carbons (Fsp3) is 0.429. The number of aromatic nitrogens is 2. The van der Waals surface area contributed by atoms with Crippen molar-refractivity contribution in [3.63, 3.8) is 0 Å². The van der Waals surface area contributed by atoms with Crippen LogP contribution in [0.4, 0.5) is 5.69 Å². The molecule has 5 rings (SSSR count). The zero-order valence-corrected chi connectivity index (χ0v) is 22.2. The molecule has 2 amide bonds. The van der Waals surface area contributed by atoms with Gasteiger partial charge < -0.3 is 19.9 Å². The number of anilines is 1. The van der Waals surface area contributed by atoms with Gasteiger partial charge in [0, 0.05) is 58.0 Å². The number of nitrogens with one attached hydrogen (secondary N) is 1. The molecule has 1 aromatic heterocycles. The van der Waals surface area contributed by atoms with Crippen LogP contribution in [0.5, 0.6) is 0 Å². The molecule has 2 aliphatic heterocycles. The number of piperazine rings is 1. The van der Waals surface area contributed by atoms with Crippen LogP contribution >= 0.6 is 11.8 Å². The van der Waals surface area contributed by atoms with Crippen LogP contribution in [0.3, 0.4) is 0 Å². The molecule has 200 valence electrons. The Balaban J connectivity index is 1.22. The number of nitrogens with zero attached hydrogens (tertiary/aromatic N) is 4. The first-order chi connectivity index (χ1) is 18.6. The molecule has 1 atom stereocenters. The number of fused-ring (bicyclic) bond motifs is 1. The molecule has 38 heavy (non-hydrogen) atoms. The highest BCUT2D eigenvalue weighted by Gasteiger charge is 2.22. The Kier molecular flexibility index (Phi) is 8.60.